The first kappa shape index (κ1) is 25.3. The van der Waals surface area contributed by atoms with E-state index in [0.29, 0.717) is 0 Å². The van der Waals surface area contributed by atoms with Crippen LogP contribution in [0.4, 0.5) is 53.4 Å². The van der Waals surface area contributed by atoms with Gasteiger partial charge in [0.1, 0.15) is 10.6 Å². The third kappa shape index (κ3) is 5.08. The van der Waals surface area contributed by atoms with Crippen LogP contribution in [0, 0.1) is 0 Å². The number of hydrogen-bond acceptors (Lipinski definition) is 4. The Kier molecular flexibility index (Phi) is 6.21. The van der Waals surface area contributed by atoms with Gasteiger partial charge >= 0.3 is 30.4 Å². The first-order valence-electron chi connectivity index (χ1n) is 7.55. The van der Waals surface area contributed by atoms with E-state index < -0.39 is 80.1 Å². The smallest absolute Gasteiger partial charge is 0.459 e. The molecule has 1 amide bonds. The van der Waals surface area contributed by atoms with Crippen molar-refractivity contribution in [1.82, 2.24) is 4.98 Å². The van der Waals surface area contributed by atoms with E-state index in [0.717, 1.165) is 0 Å². The summed E-state index contributed by atoms with van der Waals surface area (Å²) in [6, 6.07) is -0.395. The molecular formula is C15H5F11N2O3S. The first-order chi connectivity index (χ1) is 14.2. The number of nitrogens with zero attached hydrogens (tertiary/aromatic N) is 1. The maximum atomic E-state index is 13.5. The maximum absolute atomic E-state index is 13.5. The molecule has 176 valence electrons. The molecule has 0 saturated heterocycles. The Morgan fingerprint density at radius 2 is 1.31 bits per heavy atom. The van der Waals surface area contributed by atoms with Crippen molar-refractivity contribution in [2.75, 3.05) is 5.32 Å². The van der Waals surface area contributed by atoms with Crippen LogP contribution in [0.3, 0.4) is 0 Å². The molecular weight excluding hydrogens is 497 g/mol. The molecule has 0 bridgehead atoms. The molecule has 0 unspecified atom stereocenters. The highest BCUT2D eigenvalue weighted by atomic mass is 32.1. The summed E-state index contributed by atoms with van der Waals surface area (Å²) in [6.45, 7) is 0. The van der Waals surface area contributed by atoms with Crippen molar-refractivity contribution >= 4 is 28.3 Å². The minimum atomic E-state index is -6.30. The lowest BCUT2D eigenvalue weighted by molar-refractivity contribution is -0.290. The lowest BCUT2D eigenvalue weighted by atomic mass is 10.0. The molecule has 2 aromatic rings. The number of rotatable bonds is 4. The summed E-state index contributed by atoms with van der Waals surface area (Å²) in [5, 5.41) is 9.00. The average molecular weight is 502 g/mol. The molecule has 1 heterocycles. The fraction of sp³-hybridized carbons (Fsp3) is 0.267. The number of carboxylic acids is 1. The van der Waals surface area contributed by atoms with E-state index in [2.05, 4.69) is 4.98 Å². The summed E-state index contributed by atoms with van der Waals surface area (Å²) in [4.78, 5) is 24.1. The van der Waals surface area contributed by atoms with Crippen LogP contribution in [0.15, 0.2) is 18.2 Å². The molecule has 1 aromatic heterocycles. The molecule has 0 fully saturated rings. The second-order valence-electron chi connectivity index (χ2n) is 5.82. The Morgan fingerprint density at radius 1 is 0.844 bits per heavy atom. The molecule has 0 atom stereocenters. The molecule has 17 heteroatoms. The lowest BCUT2D eigenvalue weighted by Crippen LogP contribution is -2.35. The number of anilines is 1. The van der Waals surface area contributed by atoms with Crippen LogP contribution in [-0.4, -0.2) is 28.1 Å². The van der Waals surface area contributed by atoms with Gasteiger partial charge < -0.3 is 5.11 Å². The van der Waals surface area contributed by atoms with Gasteiger partial charge in [0.05, 0.1) is 11.1 Å². The summed E-state index contributed by atoms with van der Waals surface area (Å²) < 4.78 is 142. The van der Waals surface area contributed by atoms with Crippen LogP contribution >= 0.6 is 11.3 Å². The number of thiazole rings is 1. The number of carbonyl (C=O) groups excluding carboxylic acids is 1. The number of aromatic carboxylic acids is 1. The number of alkyl halides is 11. The van der Waals surface area contributed by atoms with E-state index >= 15 is 0 Å². The number of halogens is 11. The van der Waals surface area contributed by atoms with Gasteiger partial charge in [0, 0.05) is 5.56 Å². The van der Waals surface area contributed by atoms with Crippen LogP contribution in [0.1, 0.15) is 36.9 Å². The molecule has 1 aromatic carbocycles. The standard InChI is InChI=1S/C15H5F11N2O3S/c16-12(17,15(24,25)26)8-7(10(30)31)32-11(27-8)28-9(29)4-1-5(13(18,19)20)3-6(2-4)14(21,22)23/h1-3H,(H,30,31)(H,27,28,29). The molecule has 2 rings (SSSR count). The Morgan fingerprint density at radius 3 is 1.69 bits per heavy atom. The monoisotopic (exact) mass is 502 g/mol. The number of carboxylic acid groups (broad SMARTS) is 1. The summed E-state index contributed by atoms with van der Waals surface area (Å²) >= 11 is -0.414. The van der Waals surface area contributed by atoms with Gasteiger partial charge in [-0.15, -0.1) is 0 Å². The van der Waals surface area contributed by atoms with Crippen molar-refractivity contribution in [2.24, 2.45) is 0 Å². The molecule has 0 aliphatic carbocycles. The van der Waals surface area contributed by atoms with Gasteiger partial charge in [0.15, 0.2) is 5.13 Å². The van der Waals surface area contributed by atoms with Crippen LogP contribution in [0.25, 0.3) is 0 Å². The predicted molar refractivity (Wildman–Crippen MR) is 83.4 cm³/mol. The second-order valence-corrected chi connectivity index (χ2v) is 6.82. The quantitative estimate of drug-likeness (QED) is 0.520. The highest BCUT2D eigenvalue weighted by Crippen LogP contribution is 2.46. The van der Waals surface area contributed by atoms with Crippen LogP contribution < -0.4 is 5.32 Å². The summed E-state index contributed by atoms with van der Waals surface area (Å²) in [7, 11) is 0. The second kappa shape index (κ2) is 7.86. The van der Waals surface area contributed by atoms with Gasteiger partial charge in [-0.05, 0) is 18.2 Å². The summed E-state index contributed by atoms with van der Waals surface area (Å²) in [5.74, 6) is -9.91. The zero-order chi connectivity index (χ0) is 24.9. The van der Waals surface area contributed by atoms with Gasteiger partial charge in [-0.3, -0.25) is 10.1 Å². The molecule has 0 radical (unpaired) electrons. The van der Waals surface area contributed by atoms with Crippen molar-refractivity contribution in [3.8, 4) is 0 Å². The fourth-order valence-electron chi connectivity index (χ4n) is 2.12. The van der Waals surface area contributed by atoms with Crippen molar-refractivity contribution in [2.45, 2.75) is 24.5 Å². The highest BCUT2D eigenvalue weighted by molar-refractivity contribution is 7.17. The van der Waals surface area contributed by atoms with Gasteiger partial charge in [-0.2, -0.15) is 48.3 Å². The predicted octanol–water partition coefficient (Wildman–Crippen LogP) is 5.79. The number of nitrogens with one attached hydrogen (secondary N) is 1. The number of benzene rings is 1. The number of amides is 1. The van der Waals surface area contributed by atoms with E-state index in [-0.39, 0.29) is 18.2 Å². The van der Waals surface area contributed by atoms with Crippen LogP contribution in [0.5, 0.6) is 0 Å². The van der Waals surface area contributed by atoms with E-state index in [9.17, 15) is 57.9 Å². The molecule has 2 N–H and O–H groups in total. The van der Waals surface area contributed by atoms with Gasteiger partial charge in [-0.1, -0.05) is 11.3 Å². The Bertz CT molecular complexity index is 1020. The zero-order valence-electron chi connectivity index (χ0n) is 14.5. The molecule has 32 heavy (non-hydrogen) atoms. The van der Waals surface area contributed by atoms with Gasteiger partial charge in [0.2, 0.25) is 0 Å². The van der Waals surface area contributed by atoms with E-state index in [4.69, 9.17) is 5.11 Å². The summed E-state index contributed by atoms with van der Waals surface area (Å²) in [6.07, 6.45) is -17.0. The Balaban J connectivity index is 2.52. The molecule has 0 aliphatic heterocycles. The zero-order valence-corrected chi connectivity index (χ0v) is 15.3. The Hall–Kier alpha value is -2.98. The first-order valence-corrected chi connectivity index (χ1v) is 8.36. The minimum Gasteiger partial charge on any atom is -0.477 e. The third-order valence-electron chi connectivity index (χ3n) is 3.55. The van der Waals surface area contributed by atoms with Gasteiger partial charge in [0.25, 0.3) is 5.91 Å². The van der Waals surface area contributed by atoms with Crippen molar-refractivity contribution in [1.29, 1.82) is 0 Å². The van der Waals surface area contributed by atoms with Crippen molar-refractivity contribution in [3.63, 3.8) is 0 Å². The number of hydrogen-bond donors (Lipinski definition) is 2. The molecule has 0 spiro atoms. The van der Waals surface area contributed by atoms with E-state index in [1.165, 1.54) is 5.32 Å². The summed E-state index contributed by atoms with van der Waals surface area (Å²) in [5.41, 5.74) is -7.44. The van der Waals surface area contributed by atoms with Crippen LogP contribution in [-0.2, 0) is 18.3 Å². The van der Waals surface area contributed by atoms with Gasteiger partial charge in [-0.25, -0.2) is 9.78 Å². The van der Waals surface area contributed by atoms with E-state index in [1.54, 1.807) is 0 Å². The molecule has 5 nitrogen and oxygen atoms in total. The van der Waals surface area contributed by atoms with E-state index in [1.807, 2.05) is 0 Å². The van der Waals surface area contributed by atoms with Crippen molar-refractivity contribution < 1.29 is 63.0 Å². The normalized spacial score (nSPS) is 13.2. The molecule has 0 aliphatic rings. The largest absolute Gasteiger partial charge is 0.477 e. The lowest BCUT2D eigenvalue weighted by Gasteiger charge is -2.17. The Labute approximate surface area is 172 Å². The third-order valence-corrected chi connectivity index (χ3v) is 4.50. The highest BCUT2D eigenvalue weighted by Gasteiger charge is 2.62. The molecule has 0 saturated carbocycles. The fourth-order valence-corrected chi connectivity index (χ4v) is 2.95. The SMILES string of the molecule is O=C(Nc1nc(C(F)(F)C(F)(F)F)c(C(=O)O)s1)c1cc(C(F)(F)F)cc(C(F)(F)F)c1. The number of carbonyl (C=O) groups is 2. The number of aromatic nitrogens is 1. The minimum absolute atomic E-state index is 0.0402. The topological polar surface area (TPSA) is 79.3 Å². The van der Waals surface area contributed by atoms with Crippen molar-refractivity contribution in [3.05, 3.63) is 45.5 Å². The maximum Gasteiger partial charge on any atom is 0.459 e. The average Bonchev–Trinajstić information content (AvgIpc) is 3.03. The van der Waals surface area contributed by atoms with Crippen LogP contribution in [0.2, 0.25) is 0 Å².